The molecule has 0 saturated heterocycles. The monoisotopic (exact) mass is 294 g/mol. The number of halogens is 1. The Hall–Kier alpha value is -1.75. The summed E-state index contributed by atoms with van der Waals surface area (Å²) in [6.45, 7) is 4.48. The van der Waals surface area contributed by atoms with Gasteiger partial charge in [0.05, 0.1) is 16.1 Å². The van der Waals surface area contributed by atoms with Gasteiger partial charge in [0.25, 0.3) is 0 Å². The number of hydrogen-bond donors (Lipinski definition) is 2. The number of hydrogen-bond acceptors (Lipinski definition) is 3. The fourth-order valence-electron chi connectivity index (χ4n) is 2.05. The molecule has 0 fully saturated rings. The summed E-state index contributed by atoms with van der Waals surface area (Å²) in [7, 11) is 0. The van der Waals surface area contributed by atoms with Crippen molar-refractivity contribution in [3.05, 3.63) is 23.2 Å². The van der Waals surface area contributed by atoms with Gasteiger partial charge in [-0.05, 0) is 25.5 Å². The molecular weight excluding hydrogens is 276 g/mol. The second-order valence-corrected chi connectivity index (χ2v) is 5.26. The Bertz CT molecular complexity index is 623. The van der Waals surface area contributed by atoms with Gasteiger partial charge in [0.15, 0.2) is 0 Å². The Morgan fingerprint density at radius 1 is 1.55 bits per heavy atom. The lowest BCUT2D eigenvalue weighted by atomic mass is 10.2. The van der Waals surface area contributed by atoms with E-state index in [0.717, 1.165) is 17.5 Å². The molecule has 1 unspecified atom stereocenters. The van der Waals surface area contributed by atoms with Crippen LogP contribution in [0.25, 0.3) is 11.0 Å². The maximum absolute atomic E-state index is 11.8. The van der Waals surface area contributed by atoms with Crippen LogP contribution in [0.4, 0.5) is 5.95 Å². The number of amides is 1. The number of nitrogens with one attached hydrogen (secondary N) is 1. The minimum Gasteiger partial charge on any atom is -0.369 e. The molecule has 20 heavy (non-hydrogen) atoms. The van der Waals surface area contributed by atoms with Gasteiger partial charge in [0.1, 0.15) is 0 Å². The summed E-state index contributed by atoms with van der Waals surface area (Å²) in [5.41, 5.74) is 7.43. The summed E-state index contributed by atoms with van der Waals surface area (Å²) in [4.78, 5) is 16.1. The molecule has 2 rings (SSSR count). The number of fused-ring (bicyclic) bond motifs is 1. The van der Waals surface area contributed by atoms with Crippen LogP contribution in [0.2, 0.25) is 5.02 Å². The van der Waals surface area contributed by atoms with Crippen LogP contribution >= 0.6 is 11.6 Å². The lowest BCUT2D eigenvalue weighted by Crippen LogP contribution is -2.32. The summed E-state index contributed by atoms with van der Waals surface area (Å²) >= 11 is 6.18. The van der Waals surface area contributed by atoms with Crippen LogP contribution in [0.3, 0.4) is 0 Å². The molecule has 0 bridgehead atoms. The Morgan fingerprint density at radius 2 is 2.30 bits per heavy atom. The SMILES string of the molecule is CCC(C)NC(=O)CCn1c(N)nc2cccc(Cl)c21. The molecule has 6 heteroatoms. The van der Waals surface area contributed by atoms with Gasteiger partial charge >= 0.3 is 0 Å². The van der Waals surface area contributed by atoms with Crippen molar-refractivity contribution in [1.29, 1.82) is 0 Å². The van der Waals surface area contributed by atoms with Crippen LogP contribution < -0.4 is 11.1 Å². The van der Waals surface area contributed by atoms with Gasteiger partial charge in [-0.25, -0.2) is 4.98 Å². The minimum absolute atomic E-state index is 0.00709. The lowest BCUT2D eigenvalue weighted by Gasteiger charge is -2.12. The number of nitrogens with two attached hydrogens (primary N) is 1. The molecule has 0 aliphatic carbocycles. The molecule has 1 amide bonds. The highest BCUT2D eigenvalue weighted by Crippen LogP contribution is 2.25. The first-order valence-corrected chi connectivity index (χ1v) is 7.10. The molecule has 0 spiro atoms. The number of benzene rings is 1. The summed E-state index contributed by atoms with van der Waals surface area (Å²) in [5, 5.41) is 3.52. The average Bonchev–Trinajstić information content (AvgIpc) is 2.73. The summed E-state index contributed by atoms with van der Waals surface area (Å²) in [6, 6.07) is 5.66. The van der Waals surface area contributed by atoms with Crippen LogP contribution in [-0.2, 0) is 11.3 Å². The summed E-state index contributed by atoms with van der Waals surface area (Å²) < 4.78 is 1.79. The van der Waals surface area contributed by atoms with Crippen LogP contribution in [-0.4, -0.2) is 21.5 Å². The molecule has 2 aromatic rings. The van der Waals surface area contributed by atoms with Gasteiger partial charge in [0.2, 0.25) is 11.9 Å². The predicted molar refractivity (Wildman–Crippen MR) is 81.7 cm³/mol. The third-order valence-corrected chi connectivity index (χ3v) is 3.63. The zero-order valence-corrected chi connectivity index (χ0v) is 12.4. The topological polar surface area (TPSA) is 72.9 Å². The highest BCUT2D eigenvalue weighted by molar-refractivity contribution is 6.35. The molecule has 1 heterocycles. The molecule has 1 atom stereocenters. The van der Waals surface area contributed by atoms with Crippen molar-refractivity contribution in [1.82, 2.24) is 14.9 Å². The molecule has 0 aliphatic heterocycles. The molecule has 3 N–H and O–H groups in total. The first kappa shape index (κ1) is 14.7. The van der Waals surface area contributed by atoms with Crippen molar-refractivity contribution in [2.45, 2.75) is 39.3 Å². The zero-order valence-electron chi connectivity index (χ0n) is 11.7. The van der Waals surface area contributed by atoms with Crippen molar-refractivity contribution >= 4 is 34.5 Å². The number of aryl methyl sites for hydroxylation is 1. The minimum atomic E-state index is 0.00709. The number of imidazole rings is 1. The van der Waals surface area contributed by atoms with Crippen molar-refractivity contribution in [2.24, 2.45) is 0 Å². The maximum Gasteiger partial charge on any atom is 0.222 e. The summed E-state index contributed by atoms with van der Waals surface area (Å²) in [6.07, 6.45) is 1.26. The Kier molecular flexibility index (Phi) is 4.49. The van der Waals surface area contributed by atoms with Crippen molar-refractivity contribution in [3.63, 3.8) is 0 Å². The lowest BCUT2D eigenvalue weighted by molar-refractivity contribution is -0.121. The second-order valence-electron chi connectivity index (χ2n) is 4.86. The highest BCUT2D eigenvalue weighted by atomic mass is 35.5. The van der Waals surface area contributed by atoms with E-state index >= 15 is 0 Å². The zero-order chi connectivity index (χ0) is 14.7. The number of para-hydroxylation sites is 1. The number of carbonyl (C=O) groups is 1. The number of rotatable bonds is 5. The largest absolute Gasteiger partial charge is 0.369 e. The highest BCUT2D eigenvalue weighted by Gasteiger charge is 2.13. The fourth-order valence-corrected chi connectivity index (χ4v) is 2.32. The van der Waals surface area contributed by atoms with E-state index in [-0.39, 0.29) is 11.9 Å². The first-order chi connectivity index (χ1) is 9.52. The van der Waals surface area contributed by atoms with E-state index in [1.807, 2.05) is 26.0 Å². The summed E-state index contributed by atoms with van der Waals surface area (Å²) in [5.74, 6) is 0.386. The molecule has 0 radical (unpaired) electrons. The first-order valence-electron chi connectivity index (χ1n) is 6.72. The second kappa shape index (κ2) is 6.13. The third kappa shape index (κ3) is 3.04. The number of carbonyl (C=O) groups excluding carboxylic acids is 1. The quantitative estimate of drug-likeness (QED) is 0.890. The number of aromatic nitrogens is 2. The number of nitrogen functional groups attached to an aromatic ring is 1. The van der Waals surface area contributed by atoms with Crippen molar-refractivity contribution < 1.29 is 4.79 Å². The van der Waals surface area contributed by atoms with E-state index in [4.69, 9.17) is 17.3 Å². The molecule has 0 aliphatic rings. The maximum atomic E-state index is 11.8. The molecule has 0 saturated carbocycles. The van der Waals surface area contributed by atoms with Crippen molar-refractivity contribution in [2.75, 3.05) is 5.73 Å². The fraction of sp³-hybridized carbons (Fsp3) is 0.429. The molecule has 5 nitrogen and oxygen atoms in total. The van der Waals surface area contributed by atoms with Crippen LogP contribution in [0.5, 0.6) is 0 Å². The third-order valence-electron chi connectivity index (χ3n) is 3.33. The van der Waals surface area contributed by atoms with Crippen molar-refractivity contribution in [3.8, 4) is 0 Å². The van der Waals surface area contributed by atoms with E-state index in [0.29, 0.717) is 23.9 Å². The Labute approximate surface area is 123 Å². The van der Waals surface area contributed by atoms with E-state index in [1.54, 1.807) is 10.6 Å². The normalized spacial score (nSPS) is 12.6. The van der Waals surface area contributed by atoms with Gasteiger partial charge in [-0.1, -0.05) is 24.6 Å². The van der Waals surface area contributed by atoms with Gasteiger partial charge in [-0.3, -0.25) is 4.79 Å². The van der Waals surface area contributed by atoms with E-state index in [1.165, 1.54) is 0 Å². The Morgan fingerprint density at radius 3 is 3.00 bits per heavy atom. The molecule has 108 valence electrons. The van der Waals surface area contributed by atoms with Gasteiger partial charge in [-0.2, -0.15) is 0 Å². The van der Waals surface area contributed by atoms with E-state index in [9.17, 15) is 4.79 Å². The smallest absolute Gasteiger partial charge is 0.222 e. The van der Waals surface area contributed by atoms with Gasteiger partial charge < -0.3 is 15.6 Å². The number of nitrogens with zero attached hydrogens (tertiary/aromatic N) is 2. The molecule has 1 aromatic carbocycles. The van der Waals surface area contributed by atoms with Gasteiger partial charge in [-0.15, -0.1) is 0 Å². The predicted octanol–water partition coefficient (Wildman–Crippen LogP) is 2.58. The molecule has 1 aromatic heterocycles. The number of anilines is 1. The van der Waals surface area contributed by atoms with E-state index in [2.05, 4.69) is 10.3 Å². The van der Waals surface area contributed by atoms with Crippen LogP contribution in [0.15, 0.2) is 18.2 Å². The average molecular weight is 295 g/mol. The van der Waals surface area contributed by atoms with Crippen LogP contribution in [0.1, 0.15) is 26.7 Å². The Balaban J connectivity index is 2.14. The molecular formula is C14H19ClN4O. The van der Waals surface area contributed by atoms with Gasteiger partial charge in [0, 0.05) is 19.0 Å². The van der Waals surface area contributed by atoms with E-state index < -0.39 is 0 Å². The standard InChI is InChI=1S/C14H19ClN4O/c1-3-9(2)17-12(20)7-8-19-13-10(15)5-4-6-11(13)18-14(19)16/h4-6,9H,3,7-8H2,1-2H3,(H2,16,18)(H,17,20). The van der Waals surface area contributed by atoms with Crippen LogP contribution in [0, 0.1) is 0 Å².